The Balaban J connectivity index is 1.43. The van der Waals surface area contributed by atoms with Gasteiger partial charge in [-0.1, -0.05) is 25.3 Å². The Morgan fingerprint density at radius 2 is 1.97 bits per heavy atom. The van der Waals surface area contributed by atoms with Crippen LogP contribution >= 0.6 is 15.9 Å². The Kier molecular flexibility index (Phi) is 5.63. The summed E-state index contributed by atoms with van der Waals surface area (Å²) < 4.78 is 11.4. The number of hydrogen-bond donors (Lipinski definition) is 2. The molecule has 0 saturated heterocycles. The van der Waals surface area contributed by atoms with Crippen LogP contribution in [0.25, 0.3) is 10.9 Å². The number of rotatable bonds is 5. The second-order valence-corrected chi connectivity index (χ2v) is 8.63. The van der Waals surface area contributed by atoms with E-state index in [4.69, 9.17) is 9.47 Å². The van der Waals surface area contributed by atoms with Gasteiger partial charge in [0.15, 0.2) is 17.2 Å². The van der Waals surface area contributed by atoms with Crippen LogP contribution in [0.2, 0.25) is 0 Å². The Hall–Kier alpha value is -2.87. The first kappa shape index (κ1) is 20.1. The second kappa shape index (κ2) is 8.70. The molecule has 1 aromatic carbocycles. The van der Waals surface area contributed by atoms with Crippen LogP contribution in [-0.2, 0) is 6.54 Å². The fraction of sp³-hybridized carbons (Fsp3) is 0.348. The summed E-state index contributed by atoms with van der Waals surface area (Å²) in [6, 6.07) is 9.81. The highest BCUT2D eigenvalue weighted by Crippen LogP contribution is 2.34. The Morgan fingerprint density at radius 3 is 2.84 bits per heavy atom. The topological polar surface area (TPSA) is 85.4 Å². The van der Waals surface area contributed by atoms with Crippen LogP contribution in [0.4, 0.5) is 5.69 Å². The van der Waals surface area contributed by atoms with E-state index in [-0.39, 0.29) is 12.7 Å². The van der Waals surface area contributed by atoms with Gasteiger partial charge in [0, 0.05) is 24.2 Å². The van der Waals surface area contributed by atoms with Crippen molar-refractivity contribution in [1.82, 2.24) is 15.3 Å². The summed E-state index contributed by atoms with van der Waals surface area (Å²) in [7, 11) is 0. The number of aromatic nitrogens is 2. The number of benzene rings is 1. The zero-order valence-corrected chi connectivity index (χ0v) is 18.6. The lowest BCUT2D eigenvalue weighted by Crippen LogP contribution is -2.28. The van der Waals surface area contributed by atoms with Crippen LogP contribution in [0.5, 0.6) is 11.5 Å². The van der Waals surface area contributed by atoms with Crippen molar-refractivity contribution in [3.05, 3.63) is 52.4 Å². The highest BCUT2D eigenvalue weighted by Gasteiger charge is 2.23. The monoisotopic (exact) mass is 482 g/mol. The summed E-state index contributed by atoms with van der Waals surface area (Å²) in [5.41, 5.74) is 2.74. The molecule has 3 heterocycles. The van der Waals surface area contributed by atoms with Crippen molar-refractivity contribution in [1.29, 1.82) is 0 Å². The van der Waals surface area contributed by atoms with E-state index in [0.29, 0.717) is 34.3 Å². The number of nitrogens with zero attached hydrogens (tertiary/aromatic N) is 2. The summed E-state index contributed by atoms with van der Waals surface area (Å²) >= 11 is 3.52. The summed E-state index contributed by atoms with van der Waals surface area (Å²) in [6.45, 7) is 0.585. The normalized spacial score (nSPS) is 15.8. The minimum absolute atomic E-state index is 0.226. The van der Waals surface area contributed by atoms with Crippen molar-refractivity contribution in [3.8, 4) is 11.5 Å². The predicted octanol–water partition coefficient (Wildman–Crippen LogP) is 4.80. The second-order valence-electron chi connectivity index (χ2n) is 7.88. The molecule has 2 N–H and O–H groups in total. The molecule has 0 unspecified atom stereocenters. The number of amides is 1. The molecule has 0 radical (unpaired) electrons. The van der Waals surface area contributed by atoms with Gasteiger partial charge in [-0.05, 0) is 58.6 Å². The van der Waals surface area contributed by atoms with Gasteiger partial charge in [0.25, 0.3) is 5.91 Å². The Bertz CT molecular complexity index is 1130. The maximum Gasteiger partial charge on any atom is 0.272 e. The summed E-state index contributed by atoms with van der Waals surface area (Å²) in [5.74, 6) is 1.17. The largest absolute Gasteiger partial charge is 0.454 e. The van der Waals surface area contributed by atoms with Crippen LogP contribution in [0.15, 0.2) is 41.1 Å². The fourth-order valence-electron chi connectivity index (χ4n) is 4.17. The van der Waals surface area contributed by atoms with Gasteiger partial charge in [0.05, 0.1) is 11.2 Å². The maximum absolute atomic E-state index is 13.2. The number of ether oxygens (including phenoxy) is 2. The van der Waals surface area contributed by atoms with Crippen molar-refractivity contribution in [2.45, 2.75) is 44.7 Å². The molecule has 160 valence electrons. The molecule has 31 heavy (non-hydrogen) atoms. The smallest absolute Gasteiger partial charge is 0.272 e. The van der Waals surface area contributed by atoms with Crippen LogP contribution in [0.1, 0.15) is 48.2 Å². The van der Waals surface area contributed by atoms with Gasteiger partial charge in [-0.15, -0.1) is 0 Å². The van der Waals surface area contributed by atoms with Gasteiger partial charge in [-0.3, -0.25) is 9.78 Å². The summed E-state index contributed by atoms with van der Waals surface area (Å²) in [5, 5.41) is 7.46. The van der Waals surface area contributed by atoms with Gasteiger partial charge in [0.1, 0.15) is 4.60 Å². The maximum atomic E-state index is 13.2. The number of pyridine rings is 2. The number of carbonyl (C=O) groups is 1. The number of hydrogen-bond acceptors (Lipinski definition) is 6. The highest BCUT2D eigenvalue weighted by molar-refractivity contribution is 9.10. The van der Waals surface area contributed by atoms with E-state index in [2.05, 4.69) is 36.5 Å². The highest BCUT2D eigenvalue weighted by atomic mass is 79.9. The van der Waals surface area contributed by atoms with Crippen molar-refractivity contribution in [3.63, 3.8) is 0 Å². The number of anilines is 1. The quantitative estimate of drug-likeness (QED) is 0.508. The first-order chi connectivity index (χ1) is 15.2. The lowest BCUT2D eigenvalue weighted by Gasteiger charge is -2.25. The van der Waals surface area contributed by atoms with E-state index in [0.717, 1.165) is 35.1 Å². The molecule has 1 fully saturated rings. The minimum Gasteiger partial charge on any atom is -0.454 e. The zero-order valence-electron chi connectivity index (χ0n) is 17.0. The van der Waals surface area contributed by atoms with Crippen LogP contribution in [-0.4, -0.2) is 28.7 Å². The zero-order chi connectivity index (χ0) is 21.2. The average molecular weight is 483 g/mol. The van der Waals surface area contributed by atoms with Gasteiger partial charge < -0.3 is 20.1 Å². The molecule has 0 atom stereocenters. The van der Waals surface area contributed by atoms with Gasteiger partial charge in [-0.2, -0.15) is 0 Å². The van der Waals surface area contributed by atoms with E-state index in [1.165, 1.54) is 19.3 Å². The molecule has 5 rings (SSSR count). The summed E-state index contributed by atoms with van der Waals surface area (Å²) in [4.78, 5) is 22.4. The number of nitrogens with one attached hydrogen (secondary N) is 2. The van der Waals surface area contributed by atoms with E-state index < -0.39 is 0 Å². The van der Waals surface area contributed by atoms with E-state index in [9.17, 15) is 4.79 Å². The first-order valence-corrected chi connectivity index (χ1v) is 11.4. The molecule has 2 aliphatic rings. The Labute approximate surface area is 188 Å². The molecule has 7 nitrogen and oxygen atoms in total. The standard InChI is InChI=1S/C23H23BrN4O3/c24-22-16-7-4-10-25-19(16)20(27-15-5-2-1-3-6-15)21(28-22)23(29)26-12-14-8-9-17-18(11-14)31-13-30-17/h4,7-11,15,27H,1-3,5-6,12-13H2,(H,26,29). The third kappa shape index (κ3) is 4.17. The molecular weight excluding hydrogens is 460 g/mol. The number of carbonyl (C=O) groups excluding carboxylic acids is 1. The molecule has 8 heteroatoms. The first-order valence-electron chi connectivity index (χ1n) is 10.6. The van der Waals surface area contributed by atoms with Crippen LogP contribution in [0.3, 0.4) is 0 Å². The fourth-order valence-corrected chi connectivity index (χ4v) is 4.66. The lowest BCUT2D eigenvalue weighted by atomic mass is 9.95. The van der Waals surface area contributed by atoms with Gasteiger partial charge >= 0.3 is 0 Å². The van der Waals surface area contributed by atoms with E-state index in [1.54, 1.807) is 6.20 Å². The SMILES string of the molecule is O=C(NCc1ccc2c(c1)OCO2)c1nc(Br)c2cccnc2c1NC1CCCCC1. The van der Waals surface area contributed by atoms with Gasteiger partial charge in [-0.25, -0.2) is 4.98 Å². The van der Waals surface area contributed by atoms with Crippen LogP contribution in [0, 0.1) is 0 Å². The third-order valence-electron chi connectivity index (χ3n) is 5.77. The predicted molar refractivity (Wildman–Crippen MR) is 121 cm³/mol. The van der Waals surface area contributed by atoms with Crippen molar-refractivity contribution < 1.29 is 14.3 Å². The molecule has 1 aliphatic heterocycles. The molecule has 1 amide bonds. The Morgan fingerprint density at radius 1 is 1.13 bits per heavy atom. The summed E-state index contributed by atoms with van der Waals surface area (Å²) in [6.07, 6.45) is 7.57. The molecule has 1 saturated carbocycles. The van der Waals surface area contributed by atoms with Crippen molar-refractivity contribution in [2.24, 2.45) is 0 Å². The molecule has 3 aromatic rings. The van der Waals surface area contributed by atoms with Crippen molar-refractivity contribution in [2.75, 3.05) is 12.1 Å². The van der Waals surface area contributed by atoms with Crippen molar-refractivity contribution >= 4 is 38.4 Å². The van der Waals surface area contributed by atoms with E-state index >= 15 is 0 Å². The molecule has 1 aliphatic carbocycles. The van der Waals surface area contributed by atoms with Crippen LogP contribution < -0.4 is 20.1 Å². The molecular formula is C23H23BrN4O3. The molecule has 2 aromatic heterocycles. The lowest BCUT2D eigenvalue weighted by molar-refractivity contribution is 0.0946. The minimum atomic E-state index is -0.246. The molecule has 0 bridgehead atoms. The molecule has 0 spiro atoms. The van der Waals surface area contributed by atoms with E-state index in [1.807, 2.05) is 30.3 Å². The number of fused-ring (bicyclic) bond motifs is 2. The third-order valence-corrected chi connectivity index (χ3v) is 6.38. The van der Waals surface area contributed by atoms with Gasteiger partial charge in [0.2, 0.25) is 6.79 Å². The number of halogens is 1. The average Bonchev–Trinajstić information content (AvgIpc) is 3.28.